The summed E-state index contributed by atoms with van der Waals surface area (Å²) in [6, 6.07) is 0. The van der Waals surface area contributed by atoms with E-state index in [2.05, 4.69) is 36.3 Å². The zero-order valence-corrected chi connectivity index (χ0v) is 11.8. The highest BCUT2D eigenvalue weighted by Crippen LogP contribution is 2.43. The van der Waals surface area contributed by atoms with E-state index in [0.29, 0.717) is 5.54 Å². The predicted octanol–water partition coefficient (Wildman–Crippen LogP) is 2.68. The molecule has 4 nitrogen and oxygen atoms in total. The zero-order valence-electron chi connectivity index (χ0n) is 11.8. The van der Waals surface area contributed by atoms with Gasteiger partial charge in [0.2, 0.25) is 0 Å². The number of hydrogen-bond donors (Lipinski definition) is 1. The van der Waals surface area contributed by atoms with E-state index in [4.69, 9.17) is 0 Å². The van der Waals surface area contributed by atoms with Crippen LogP contribution in [0.25, 0.3) is 0 Å². The summed E-state index contributed by atoms with van der Waals surface area (Å²) in [4.78, 5) is 2.52. The van der Waals surface area contributed by atoms with E-state index in [0.717, 1.165) is 12.2 Å². The summed E-state index contributed by atoms with van der Waals surface area (Å²) >= 11 is 0. The molecule has 1 aliphatic heterocycles. The fraction of sp³-hybridized carbons (Fsp3) is 0.786. The van der Waals surface area contributed by atoms with E-state index in [9.17, 15) is 0 Å². The summed E-state index contributed by atoms with van der Waals surface area (Å²) in [5, 5.41) is 8.17. The first-order valence-electron chi connectivity index (χ1n) is 7.15. The Morgan fingerprint density at radius 3 is 2.56 bits per heavy atom. The highest BCUT2D eigenvalue weighted by molar-refractivity contribution is 5.71. The van der Waals surface area contributed by atoms with Crippen molar-refractivity contribution in [3.05, 3.63) is 5.69 Å². The predicted molar refractivity (Wildman–Crippen MR) is 75.3 cm³/mol. The van der Waals surface area contributed by atoms with E-state index < -0.39 is 0 Å². The SMILES string of the molecule is Cc1nn(C)c2c1NCCC1(CCCCC1)N2C. The van der Waals surface area contributed by atoms with E-state index in [-0.39, 0.29) is 0 Å². The van der Waals surface area contributed by atoms with Crippen LogP contribution < -0.4 is 10.2 Å². The molecule has 0 aromatic carbocycles. The first-order valence-corrected chi connectivity index (χ1v) is 7.15. The van der Waals surface area contributed by atoms with Crippen LogP contribution in [0, 0.1) is 6.92 Å². The standard InChI is InChI=1S/C14H24N4/c1-11-12-13(18(3)16-11)17(2)14(9-10-15-12)7-5-4-6-8-14/h15H,4-10H2,1-3H3. The van der Waals surface area contributed by atoms with Gasteiger partial charge in [0.05, 0.1) is 5.69 Å². The number of aryl methyl sites for hydroxylation is 2. The van der Waals surface area contributed by atoms with Gasteiger partial charge in [-0.15, -0.1) is 0 Å². The van der Waals surface area contributed by atoms with E-state index in [1.807, 2.05) is 4.68 Å². The summed E-state index contributed by atoms with van der Waals surface area (Å²) in [6.45, 7) is 3.17. The molecule has 0 radical (unpaired) electrons. The van der Waals surface area contributed by atoms with Crippen LogP contribution in [0.4, 0.5) is 11.5 Å². The molecule has 0 saturated heterocycles. The lowest BCUT2D eigenvalue weighted by atomic mass is 9.78. The molecule has 4 heteroatoms. The Labute approximate surface area is 109 Å². The molecule has 100 valence electrons. The molecule has 0 bridgehead atoms. The third-order valence-corrected chi connectivity index (χ3v) is 4.90. The Hall–Kier alpha value is -1.19. The summed E-state index contributed by atoms with van der Waals surface area (Å²) in [5.74, 6) is 1.27. The van der Waals surface area contributed by atoms with E-state index >= 15 is 0 Å². The summed E-state index contributed by atoms with van der Waals surface area (Å²) < 4.78 is 2.04. The molecule has 1 aliphatic carbocycles. The molecule has 1 aromatic rings. The van der Waals surface area contributed by atoms with Crippen molar-refractivity contribution in [3.8, 4) is 0 Å². The van der Waals surface area contributed by atoms with Crippen LogP contribution in [0.5, 0.6) is 0 Å². The van der Waals surface area contributed by atoms with Crippen molar-refractivity contribution in [3.63, 3.8) is 0 Å². The highest BCUT2D eigenvalue weighted by atomic mass is 15.4. The average Bonchev–Trinajstić information content (AvgIpc) is 2.56. The molecule has 2 heterocycles. The van der Waals surface area contributed by atoms with Gasteiger partial charge in [-0.05, 0) is 26.2 Å². The van der Waals surface area contributed by atoms with Gasteiger partial charge in [-0.1, -0.05) is 19.3 Å². The normalized spacial score (nSPS) is 22.5. The van der Waals surface area contributed by atoms with Crippen molar-refractivity contribution in [2.24, 2.45) is 7.05 Å². The van der Waals surface area contributed by atoms with Crippen molar-refractivity contribution >= 4 is 11.5 Å². The fourth-order valence-electron chi connectivity index (χ4n) is 3.85. The third kappa shape index (κ3) is 1.62. The molecule has 18 heavy (non-hydrogen) atoms. The molecule has 0 amide bonds. The second-order valence-corrected chi connectivity index (χ2v) is 5.93. The molecular weight excluding hydrogens is 224 g/mol. The van der Waals surface area contributed by atoms with Gasteiger partial charge >= 0.3 is 0 Å². The number of fused-ring (bicyclic) bond motifs is 1. The van der Waals surface area contributed by atoms with Gasteiger partial charge in [-0.2, -0.15) is 5.10 Å². The molecule has 1 fully saturated rings. The maximum atomic E-state index is 4.58. The molecule has 0 unspecified atom stereocenters. The highest BCUT2D eigenvalue weighted by Gasteiger charge is 2.39. The number of nitrogens with zero attached hydrogens (tertiary/aromatic N) is 3. The van der Waals surface area contributed by atoms with Crippen LogP contribution in [0.15, 0.2) is 0 Å². The summed E-state index contributed by atoms with van der Waals surface area (Å²) in [5.41, 5.74) is 2.71. The fourth-order valence-corrected chi connectivity index (χ4v) is 3.85. The lowest BCUT2D eigenvalue weighted by Gasteiger charge is -2.44. The van der Waals surface area contributed by atoms with Crippen molar-refractivity contribution in [1.29, 1.82) is 0 Å². The minimum atomic E-state index is 0.358. The minimum absolute atomic E-state index is 0.358. The lowest BCUT2D eigenvalue weighted by Crippen LogP contribution is -2.49. The molecule has 1 aromatic heterocycles. The number of aromatic nitrogens is 2. The molecule has 1 saturated carbocycles. The molecule has 2 aliphatic rings. The summed E-state index contributed by atoms with van der Waals surface area (Å²) in [6.07, 6.45) is 8.05. The van der Waals surface area contributed by atoms with Gasteiger partial charge in [-0.25, -0.2) is 0 Å². The Balaban J connectivity index is 2.04. The van der Waals surface area contributed by atoms with Gasteiger partial charge in [-0.3, -0.25) is 4.68 Å². The largest absolute Gasteiger partial charge is 0.380 e. The molecule has 1 spiro atoms. The lowest BCUT2D eigenvalue weighted by molar-refractivity contribution is 0.271. The number of anilines is 2. The van der Waals surface area contributed by atoms with Crippen molar-refractivity contribution < 1.29 is 0 Å². The van der Waals surface area contributed by atoms with Crippen molar-refractivity contribution in [2.45, 2.75) is 51.0 Å². The molecule has 3 rings (SSSR count). The van der Waals surface area contributed by atoms with Crippen LogP contribution in [-0.2, 0) is 7.05 Å². The second-order valence-electron chi connectivity index (χ2n) is 5.93. The van der Waals surface area contributed by atoms with Crippen LogP contribution in [0.2, 0.25) is 0 Å². The van der Waals surface area contributed by atoms with Gasteiger partial charge in [0, 0.05) is 26.2 Å². The van der Waals surface area contributed by atoms with Crippen LogP contribution in [0.3, 0.4) is 0 Å². The minimum Gasteiger partial charge on any atom is -0.380 e. The third-order valence-electron chi connectivity index (χ3n) is 4.90. The monoisotopic (exact) mass is 248 g/mol. The Kier molecular flexibility index (Phi) is 2.76. The quantitative estimate of drug-likeness (QED) is 0.766. The Bertz CT molecular complexity index is 443. The van der Waals surface area contributed by atoms with Gasteiger partial charge in [0.1, 0.15) is 5.69 Å². The van der Waals surface area contributed by atoms with Crippen LogP contribution >= 0.6 is 0 Å². The van der Waals surface area contributed by atoms with E-state index in [1.165, 1.54) is 50.0 Å². The topological polar surface area (TPSA) is 33.1 Å². The average molecular weight is 248 g/mol. The smallest absolute Gasteiger partial charge is 0.150 e. The molecule has 0 atom stereocenters. The summed E-state index contributed by atoms with van der Waals surface area (Å²) in [7, 11) is 4.32. The van der Waals surface area contributed by atoms with Crippen LogP contribution in [-0.4, -0.2) is 28.9 Å². The molecule has 1 N–H and O–H groups in total. The maximum Gasteiger partial charge on any atom is 0.150 e. The number of hydrogen-bond acceptors (Lipinski definition) is 3. The second kappa shape index (κ2) is 4.18. The van der Waals surface area contributed by atoms with Gasteiger partial charge in [0.25, 0.3) is 0 Å². The Morgan fingerprint density at radius 2 is 1.83 bits per heavy atom. The van der Waals surface area contributed by atoms with Gasteiger partial charge < -0.3 is 10.2 Å². The molecular formula is C14H24N4. The number of rotatable bonds is 0. The van der Waals surface area contributed by atoms with Gasteiger partial charge in [0.15, 0.2) is 5.82 Å². The maximum absolute atomic E-state index is 4.58. The first kappa shape index (κ1) is 11.9. The first-order chi connectivity index (χ1) is 8.64. The van der Waals surface area contributed by atoms with Crippen LogP contribution in [0.1, 0.15) is 44.2 Å². The van der Waals surface area contributed by atoms with E-state index in [1.54, 1.807) is 0 Å². The van der Waals surface area contributed by atoms with Crippen molar-refractivity contribution in [2.75, 3.05) is 23.8 Å². The Morgan fingerprint density at radius 1 is 1.11 bits per heavy atom. The number of nitrogens with one attached hydrogen (secondary N) is 1. The zero-order chi connectivity index (χ0) is 12.8. The van der Waals surface area contributed by atoms with Crippen molar-refractivity contribution in [1.82, 2.24) is 9.78 Å².